The van der Waals surface area contributed by atoms with Crippen LogP contribution >= 0.6 is 8.38 Å². The minimum Gasteiger partial charge on any atom is -0.435 e. The smallest absolute Gasteiger partial charge is 0.326 e. The first kappa shape index (κ1) is 14.6. The van der Waals surface area contributed by atoms with Crippen LogP contribution in [0.15, 0.2) is 84.9 Å². The van der Waals surface area contributed by atoms with Crippen molar-refractivity contribution in [3.05, 3.63) is 90.7 Å². The van der Waals surface area contributed by atoms with Gasteiger partial charge in [0.25, 0.3) is 0 Å². The number of halogens is 1. The zero-order chi connectivity index (χ0) is 15.2. The van der Waals surface area contributed by atoms with Gasteiger partial charge in [0.1, 0.15) is 17.3 Å². The Bertz CT molecular complexity index is 661. The standard InChI is InChI=1S/C18H14FO2P/c19-15-11-13-18(14-12-15)22(20-16-7-3-1-4-8-16)21-17-9-5-2-6-10-17/h1-14H. The second-order valence-electron chi connectivity index (χ2n) is 4.54. The molecule has 0 radical (unpaired) electrons. The van der Waals surface area contributed by atoms with E-state index in [1.165, 1.54) is 12.1 Å². The van der Waals surface area contributed by atoms with E-state index in [4.69, 9.17) is 9.05 Å². The Kier molecular flexibility index (Phi) is 4.67. The molecule has 22 heavy (non-hydrogen) atoms. The highest BCUT2D eigenvalue weighted by atomic mass is 31.2. The molecular formula is C18H14FO2P. The fourth-order valence-corrected chi connectivity index (χ4v) is 3.11. The summed E-state index contributed by atoms with van der Waals surface area (Å²) in [4.78, 5) is 0. The van der Waals surface area contributed by atoms with E-state index in [-0.39, 0.29) is 5.82 Å². The summed E-state index contributed by atoms with van der Waals surface area (Å²) >= 11 is 0. The van der Waals surface area contributed by atoms with Crippen molar-refractivity contribution in [1.82, 2.24) is 0 Å². The maximum atomic E-state index is 13.1. The molecule has 0 N–H and O–H groups in total. The molecule has 2 nitrogen and oxygen atoms in total. The van der Waals surface area contributed by atoms with Crippen LogP contribution in [0.3, 0.4) is 0 Å². The Labute approximate surface area is 130 Å². The second-order valence-corrected chi connectivity index (χ2v) is 5.94. The van der Waals surface area contributed by atoms with Gasteiger partial charge in [0.2, 0.25) is 0 Å². The van der Waals surface area contributed by atoms with Crippen LogP contribution in [0.4, 0.5) is 4.39 Å². The van der Waals surface area contributed by atoms with Gasteiger partial charge in [0.05, 0.1) is 5.30 Å². The third-order valence-electron chi connectivity index (χ3n) is 2.90. The third-order valence-corrected chi connectivity index (χ3v) is 4.37. The molecule has 0 heterocycles. The SMILES string of the molecule is Fc1ccc(P(Oc2ccccc2)Oc2ccccc2)cc1. The van der Waals surface area contributed by atoms with Gasteiger partial charge in [-0.1, -0.05) is 36.4 Å². The molecule has 0 saturated heterocycles. The lowest BCUT2D eigenvalue weighted by Gasteiger charge is -2.18. The van der Waals surface area contributed by atoms with Gasteiger partial charge in [0, 0.05) is 0 Å². The normalized spacial score (nSPS) is 10.5. The van der Waals surface area contributed by atoms with Crippen LogP contribution in [-0.4, -0.2) is 0 Å². The summed E-state index contributed by atoms with van der Waals surface area (Å²) in [6.07, 6.45) is 0. The van der Waals surface area contributed by atoms with Crippen LogP contribution in [-0.2, 0) is 0 Å². The van der Waals surface area contributed by atoms with Crippen LogP contribution in [0.5, 0.6) is 11.5 Å². The largest absolute Gasteiger partial charge is 0.435 e. The van der Waals surface area contributed by atoms with Crippen molar-refractivity contribution in [2.24, 2.45) is 0 Å². The molecule has 0 unspecified atom stereocenters. The molecule has 0 saturated carbocycles. The molecule has 0 bridgehead atoms. The maximum absolute atomic E-state index is 13.1. The fourth-order valence-electron chi connectivity index (χ4n) is 1.84. The van der Waals surface area contributed by atoms with Crippen molar-refractivity contribution in [3.8, 4) is 11.5 Å². The Morgan fingerprint density at radius 2 is 1.05 bits per heavy atom. The predicted octanol–water partition coefficient (Wildman–Crippen LogP) is 4.92. The third kappa shape index (κ3) is 3.84. The van der Waals surface area contributed by atoms with E-state index in [9.17, 15) is 4.39 Å². The highest BCUT2D eigenvalue weighted by molar-refractivity contribution is 7.56. The van der Waals surface area contributed by atoms with Gasteiger partial charge in [-0.25, -0.2) is 4.39 Å². The molecule has 0 amide bonds. The molecule has 0 atom stereocenters. The molecular weight excluding hydrogens is 298 g/mol. The van der Waals surface area contributed by atoms with E-state index < -0.39 is 8.38 Å². The minimum absolute atomic E-state index is 0.280. The van der Waals surface area contributed by atoms with E-state index in [1.54, 1.807) is 12.1 Å². The molecule has 0 aliphatic carbocycles. The summed E-state index contributed by atoms with van der Waals surface area (Å²) in [5, 5.41) is 0.809. The van der Waals surface area contributed by atoms with E-state index in [0.29, 0.717) is 11.5 Å². The molecule has 0 spiro atoms. The summed E-state index contributed by atoms with van der Waals surface area (Å²) in [5.74, 6) is 1.15. The summed E-state index contributed by atoms with van der Waals surface area (Å²) in [6.45, 7) is 0. The molecule has 0 aliphatic heterocycles. The first-order chi connectivity index (χ1) is 10.8. The number of benzene rings is 3. The molecule has 110 valence electrons. The van der Waals surface area contributed by atoms with Crippen molar-refractivity contribution in [1.29, 1.82) is 0 Å². The van der Waals surface area contributed by atoms with E-state index in [1.807, 2.05) is 60.7 Å². The zero-order valence-corrected chi connectivity index (χ0v) is 12.6. The summed E-state index contributed by atoms with van der Waals surface area (Å²) < 4.78 is 25.1. The topological polar surface area (TPSA) is 18.5 Å². The number of hydrogen-bond donors (Lipinski definition) is 0. The Balaban J connectivity index is 1.86. The van der Waals surface area contributed by atoms with Gasteiger partial charge in [0.15, 0.2) is 0 Å². The average Bonchev–Trinajstić information content (AvgIpc) is 2.57. The first-order valence-corrected chi connectivity index (χ1v) is 8.01. The van der Waals surface area contributed by atoms with Crippen LogP contribution in [0.1, 0.15) is 0 Å². The predicted molar refractivity (Wildman–Crippen MR) is 87.1 cm³/mol. The van der Waals surface area contributed by atoms with Crippen molar-refractivity contribution < 1.29 is 13.4 Å². The van der Waals surface area contributed by atoms with Crippen LogP contribution in [0.25, 0.3) is 0 Å². The van der Waals surface area contributed by atoms with Gasteiger partial charge in [-0.3, -0.25) is 0 Å². The number of hydrogen-bond acceptors (Lipinski definition) is 2. The average molecular weight is 312 g/mol. The van der Waals surface area contributed by atoms with Crippen LogP contribution in [0.2, 0.25) is 0 Å². The minimum atomic E-state index is -1.39. The lowest BCUT2D eigenvalue weighted by atomic mass is 10.3. The Morgan fingerprint density at radius 3 is 1.50 bits per heavy atom. The van der Waals surface area contributed by atoms with Crippen molar-refractivity contribution >= 4 is 13.7 Å². The van der Waals surface area contributed by atoms with Crippen molar-refractivity contribution in [3.63, 3.8) is 0 Å². The Morgan fingerprint density at radius 1 is 0.591 bits per heavy atom. The van der Waals surface area contributed by atoms with Gasteiger partial charge < -0.3 is 9.05 Å². The lowest BCUT2D eigenvalue weighted by Crippen LogP contribution is -2.10. The highest BCUT2D eigenvalue weighted by Gasteiger charge is 2.18. The highest BCUT2D eigenvalue weighted by Crippen LogP contribution is 2.39. The molecule has 0 fully saturated rings. The van der Waals surface area contributed by atoms with E-state index in [2.05, 4.69) is 0 Å². The van der Waals surface area contributed by atoms with Crippen molar-refractivity contribution in [2.75, 3.05) is 0 Å². The first-order valence-electron chi connectivity index (χ1n) is 6.83. The van der Waals surface area contributed by atoms with Crippen molar-refractivity contribution in [2.45, 2.75) is 0 Å². The second kappa shape index (κ2) is 7.06. The maximum Gasteiger partial charge on any atom is 0.326 e. The molecule has 0 aliphatic rings. The zero-order valence-electron chi connectivity index (χ0n) is 11.7. The summed E-state index contributed by atoms with van der Waals surface area (Å²) in [6, 6.07) is 25.1. The van der Waals surface area contributed by atoms with E-state index in [0.717, 1.165) is 5.30 Å². The van der Waals surface area contributed by atoms with Gasteiger partial charge >= 0.3 is 8.38 Å². The molecule has 4 heteroatoms. The fraction of sp³-hybridized carbons (Fsp3) is 0. The van der Waals surface area contributed by atoms with Crippen LogP contribution in [0, 0.1) is 5.82 Å². The number of para-hydroxylation sites is 2. The van der Waals surface area contributed by atoms with Crippen LogP contribution < -0.4 is 14.4 Å². The van der Waals surface area contributed by atoms with E-state index >= 15 is 0 Å². The quantitative estimate of drug-likeness (QED) is 0.623. The lowest BCUT2D eigenvalue weighted by molar-refractivity contribution is 0.502. The van der Waals surface area contributed by atoms with Gasteiger partial charge in [-0.2, -0.15) is 0 Å². The van der Waals surface area contributed by atoms with Gasteiger partial charge in [-0.15, -0.1) is 0 Å². The summed E-state index contributed by atoms with van der Waals surface area (Å²) in [7, 11) is -1.39. The number of rotatable bonds is 5. The molecule has 3 rings (SSSR count). The molecule has 0 aromatic heterocycles. The monoisotopic (exact) mass is 312 g/mol. The Hall–Kier alpha value is -2.38. The summed E-state index contributed by atoms with van der Waals surface area (Å²) in [5.41, 5.74) is 0. The molecule has 3 aromatic carbocycles. The van der Waals surface area contributed by atoms with Gasteiger partial charge in [-0.05, 0) is 48.5 Å². The molecule has 3 aromatic rings.